The first kappa shape index (κ1) is 11.5. The molecule has 3 nitrogen and oxygen atoms in total. The summed E-state index contributed by atoms with van der Waals surface area (Å²) in [6.45, 7) is 8.73. The fraction of sp³-hybridized carbons (Fsp3) is 0.909. The average Bonchev–Trinajstić information content (AvgIpc) is 2.01. The molecule has 1 N–H and O–H groups in total. The van der Waals surface area contributed by atoms with Crippen molar-refractivity contribution < 1.29 is 9.53 Å². The van der Waals surface area contributed by atoms with Gasteiger partial charge < -0.3 is 10.1 Å². The van der Waals surface area contributed by atoms with E-state index in [1.807, 2.05) is 20.8 Å². The van der Waals surface area contributed by atoms with Crippen LogP contribution < -0.4 is 5.32 Å². The smallest absolute Gasteiger partial charge is 0.323 e. The summed E-state index contributed by atoms with van der Waals surface area (Å²) >= 11 is 0. The van der Waals surface area contributed by atoms with E-state index in [9.17, 15) is 4.79 Å². The molecule has 3 heteroatoms. The lowest BCUT2D eigenvalue weighted by molar-refractivity contribution is -0.159. The zero-order valence-corrected chi connectivity index (χ0v) is 9.59. The van der Waals surface area contributed by atoms with Gasteiger partial charge in [0.25, 0.3) is 0 Å². The van der Waals surface area contributed by atoms with Gasteiger partial charge in [0, 0.05) is 0 Å². The molecule has 1 saturated heterocycles. The van der Waals surface area contributed by atoms with Crippen molar-refractivity contribution in [2.45, 2.75) is 52.2 Å². The molecule has 1 aliphatic rings. The van der Waals surface area contributed by atoms with Crippen LogP contribution in [-0.4, -0.2) is 24.2 Å². The maximum Gasteiger partial charge on any atom is 0.323 e. The van der Waals surface area contributed by atoms with E-state index < -0.39 is 0 Å². The van der Waals surface area contributed by atoms with Crippen molar-refractivity contribution in [2.75, 3.05) is 6.54 Å². The molecule has 0 radical (unpaired) electrons. The molecule has 0 amide bonds. The normalized spacial score (nSPS) is 28.6. The summed E-state index contributed by atoms with van der Waals surface area (Å²) in [5, 5.41) is 3.22. The quantitative estimate of drug-likeness (QED) is 0.653. The van der Waals surface area contributed by atoms with Gasteiger partial charge >= 0.3 is 5.97 Å². The van der Waals surface area contributed by atoms with E-state index in [-0.39, 0.29) is 17.6 Å². The second kappa shape index (κ2) is 4.30. The van der Waals surface area contributed by atoms with Crippen molar-refractivity contribution >= 4 is 5.97 Å². The summed E-state index contributed by atoms with van der Waals surface area (Å²) in [5.41, 5.74) is -0.379. The number of piperidine rings is 1. The second-order valence-corrected chi connectivity index (χ2v) is 5.08. The van der Waals surface area contributed by atoms with Crippen molar-refractivity contribution in [1.82, 2.24) is 5.32 Å². The Kier molecular flexibility index (Phi) is 3.53. The predicted octanol–water partition coefficient (Wildman–Crippen LogP) is 1.72. The minimum Gasteiger partial charge on any atom is -0.459 e. The van der Waals surface area contributed by atoms with Gasteiger partial charge in [0.05, 0.1) is 0 Å². The van der Waals surface area contributed by atoms with Gasteiger partial charge in [-0.3, -0.25) is 4.79 Å². The molecule has 0 aromatic rings. The lowest BCUT2D eigenvalue weighted by atomic mass is 9.93. The van der Waals surface area contributed by atoms with E-state index in [0.717, 1.165) is 19.4 Å². The molecule has 0 aromatic carbocycles. The Bertz CT molecular complexity index is 208. The molecule has 1 heterocycles. The van der Waals surface area contributed by atoms with Gasteiger partial charge in [-0.1, -0.05) is 6.92 Å². The standard InChI is InChI=1S/C11H21NO2/c1-8-6-5-7-12-9(8)10(13)14-11(2,3)4/h8-9,12H,5-7H2,1-4H3/t8-,9-/m0/s1. The Hall–Kier alpha value is -0.570. The molecule has 0 aromatic heterocycles. The van der Waals surface area contributed by atoms with Crippen LogP contribution in [0.5, 0.6) is 0 Å². The zero-order valence-electron chi connectivity index (χ0n) is 9.59. The van der Waals surface area contributed by atoms with Crippen molar-refractivity contribution in [1.29, 1.82) is 0 Å². The summed E-state index contributed by atoms with van der Waals surface area (Å²) in [5.74, 6) is 0.281. The van der Waals surface area contributed by atoms with Gasteiger partial charge in [0.2, 0.25) is 0 Å². The summed E-state index contributed by atoms with van der Waals surface area (Å²) in [6, 6.07) is -0.108. The summed E-state index contributed by atoms with van der Waals surface area (Å²) in [4.78, 5) is 11.7. The number of nitrogens with one attached hydrogen (secondary N) is 1. The van der Waals surface area contributed by atoms with Crippen LogP contribution >= 0.6 is 0 Å². The molecule has 1 fully saturated rings. The minimum absolute atomic E-state index is 0.107. The number of hydrogen-bond acceptors (Lipinski definition) is 3. The van der Waals surface area contributed by atoms with Crippen LogP contribution in [0.25, 0.3) is 0 Å². The first-order valence-corrected chi connectivity index (χ1v) is 5.36. The Balaban J connectivity index is 2.50. The van der Waals surface area contributed by atoms with Crippen LogP contribution in [-0.2, 0) is 9.53 Å². The zero-order chi connectivity index (χ0) is 10.8. The van der Waals surface area contributed by atoms with E-state index in [1.54, 1.807) is 0 Å². The monoisotopic (exact) mass is 199 g/mol. The molecule has 1 rings (SSSR count). The van der Waals surface area contributed by atoms with Crippen LogP contribution in [0.15, 0.2) is 0 Å². The van der Waals surface area contributed by atoms with Gasteiger partial charge in [-0.15, -0.1) is 0 Å². The molecule has 82 valence electrons. The molecule has 0 aliphatic carbocycles. The number of rotatable bonds is 1. The molecule has 0 bridgehead atoms. The van der Waals surface area contributed by atoms with E-state index in [0.29, 0.717) is 5.92 Å². The Morgan fingerprint density at radius 2 is 2.07 bits per heavy atom. The van der Waals surface area contributed by atoms with Gasteiger partial charge in [0.1, 0.15) is 11.6 Å². The molecule has 1 aliphatic heterocycles. The fourth-order valence-electron chi connectivity index (χ4n) is 1.73. The summed E-state index contributed by atoms with van der Waals surface area (Å²) in [6.07, 6.45) is 2.26. The average molecular weight is 199 g/mol. The van der Waals surface area contributed by atoms with Crippen LogP contribution in [0.4, 0.5) is 0 Å². The first-order valence-electron chi connectivity index (χ1n) is 5.36. The number of carbonyl (C=O) groups excluding carboxylic acids is 1. The van der Waals surface area contributed by atoms with Crippen molar-refractivity contribution in [2.24, 2.45) is 5.92 Å². The molecular formula is C11H21NO2. The highest BCUT2D eigenvalue weighted by atomic mass is 16.6. The van der Waals surface area contributed by atoms with Crippen molar-refractivity contribution in [3.8, 4) is 0 Å². The largest absolute Gasteiger partial charge is 0.459 e. The minimum atomic E-state index is -0.379. The maximum atomic E-state index is 11.7. The maximum absolute atomic E-state index is 11.7. The van der Waals surface area contributed by atoms with E-state index in [4.69, 9.17) is 4.74 Å². The molecular weight excluding hydrogens is 178 g/mol. The number of hydrogen-bond donors (Lipinski definition) is 1. The lowest BCUT2D eigenvalue weighted by Gasteiger charge is -2.31. The van der Waals surface area contributed by atoms with Gasteiger partial charge in [0.15, 0.2) is 0 Å². The molecule has 0 unspecified atom stereocenters. The Labute approximate surface area is 86.2 Å². The third kappa shape index (κ3) is 3.29. The number of carbonyl (C=O) groups is 1. The van der Waals surface area contributed by atoms with Crippen LogP contribution in [0.3, 0.4) is 0 Å². The third-order valence-electron chi connectivity index (χ3n) is 2.43. The molecule has 2 atom stereocenters. The van der Waals surface area contributed by atoms with Crippen molar-refractivity contribution in [3.63, 3.8) is 0 Å². The second-order valence-electron chi connectivity index (χ2n) is 5.08. The van der Waals surface area contributed by atoms with Gasteiger partial charge in [-0.05, 0) is 46.1 Å². The number of ether oxygens (including phenoxy) is 1. The van der Waals surface area contributed by atoms with E-state index in [1.165, 1.54) is 0 Å². The molecule has 0 spiro atoms. The molecule has 14 heavy (non-hydrogen) atoms. The van der Waals surface area contributed by atoms with Gasteiger partial charge in [-0.2, -0.15) is 0 Å². The SMILES string of the molecule is C[C@H]1CCCN[C@@H]1C(=O)OC(C)(C)C. The summed E-state index contributed by atoms with van der Waals surface area (Å²) < 4.78 is 5.35. The highest BCUT2D eigenvalue weighted by molar-refractivity contribution is 5.76. The van der Waals surface area contributed by atoms with E-state index in [2.05, 4.69) is 12.2 Å². The van der Waals surface area contributed by atoms with Crippen LogP contribution in [0.2, 0.25) is 0 Å². The topological polar surface area (TPSA) is 38.3 Å². The highest BCUT2D eigenvalue weighted by Crippen LogP contribution is 2.18. The number of esters is 1. The van der Waals surface area contributed by atoms with Crippen LogP contribution in [0.1, 0.15) is 40.5 Å². The predicted molar refractivity (Wildman–Crippen MR) is 56.0 cm³/mol. The Morgan fingerprint density at radius 1 is 1.43 bits per heavy atom. The Morgan fingerprint density at radius 3 is 2.57 bits per heavy atom. The lowest BCUT2D eigenvalue weighted by Crippen LogP contribution is -2.48. The third-order valence-corrected chi connectivity index (χ3v) is 2.43. The van der Waals surface area contributed by atoms with E-state index >= 15 is 0 Å². The van der Waals surface area contributed by atoms with Crippen LogP contribution in [0, 0.1) is 5.92 Å². The first-order chi connectivity index (χ1) is 6.40. The molecule has 0 saturated carbocycles. The summed E-state index contributed by atoms with van der Waals surface area (Å²) in [7, 11) is 0. The fourth-order valence-corrected chi connectivity index (χ4v) is 1.73. The highest BCUT2D eigenvalue weighted by Gasteiger charge is 2.31. The van der Waals surface area contributed by atoms with Crippen molar-refractivity contribution in [3.05, 3.63) is 0 Å². The van der Waals surface area contributed by atoms with Gasteiger partial charge in [-0.25, -0.2) is 0 Å².